The molecule has 1 nitrogen and oxygen atoms in total. The van der Waals surface area contributed by atoms with Crippen LogP contribution >= 0.6 is 23.5 Å². The molecule has 0 aliphatic carbocycles. The summed E-state index contributed by atoms with van der Waals surface area (Å²) in [5, 5.41) is 10.9. The van der Waals surface area contributed by atoms with Crippen molar-refractivity contribution in [2.45, 2.75) is 36.9 Å². The highest BCUT2D eigenvalue weighted by atomic mass is 32.2. The molecule has 3 atom stereocenters. The van der Waals surface area contributed by atoms with Gasteiger partial charge < -0.3 is 5.11 Å². The Hall–Kier alpha value is 0.400. The fourth-order valence-electron chi connectivity index (χ4n) is 1.55. The lowest BCUT2D eigenvalue weighted by Crippen LogP contribution is -2.34. The third kappa shape index (κ3) is 3.56. The van der Waals surface area contributed by atoms with Crippen molar-refractivity contribution >= 4 is 23.5 Å². The second kappa shape index (κ2) is 5.32. The summed E-state index contributed by atoms with van der Waals surface area (Å²) in [6, 6.07) is 0. The number of hydrogen-bond donors (Lipinski definition) is 1. The largest absolute Gasteiger partial charge is 0.392 e. The van der Waals surface area contributed by atoms with Crippen LogP contribution in [0.2, 0.25) is 0 Å². The van der Waals surface area contributed by atoms with Crippen LogP contribution in [0, 0.1) is 0 Å². The van der Waals surface area contributed by atoms with E-state index in [1.54, 1.807) is 0 Å². The van der Waals surface area contributed by atoms with Gasteiger partial charge in [-0.3, -0.25) is 0 Å². The Bertz CT molecular complexity index is 182. The fourth-order valence-corrected chi connectivity index (χ4v) is 4.39. The van der Waals surface area contributed by atoms with Crippen molar-refractivity contribution in [3.63, 3.8) is 0 Å². The van der Waals surface area contributed by atoms with Gasteiger partial charge >= 0.3 is 0 Å². The summed E-state index contributed by atoms with van der Waals surface area (Å²) < 4.78 is 0. The second-order valence-electron chi connectivity index (χ2n) is 3.64. The van der Waals surface area contributed by atoms with Crippen LogP contribution in [0.3, 0.4) is 0 Å². The zero-order valence-electron chi connectivity index (χ0n) is 8.32. The molecule has 76 valence electrons. The van der Waals surface area contributed by atoms with E-state index in [0.717, 1.165) is 12.0 Å². The molecule has 1 saturated heterocycles. The van der Waals surface area contributed by atoms with Gasteiger partial charge in [0, 0.05) is 22.0 Å². The minimum Gasteiger partial charge on any atom is -0.392 e. The first-order valence-corrected chi connectivity index (χ1v) is 6.76. The summed E-state index contributed by atoms with van der Waals surface area (Å²) in [5.41, 5.74) is 1.08. The first kappa shape index (κ1) is 11.5. The Morgan fingerprint density at radius 3 is 2.69 bits per heavy atom. The van der Waals surface area contributed by atoms with Crippen LogP contribution in [-0.2, 0) is 0 Å². The van der Waals surface area contributed by atoms with Crippen molar-refractivity contribution in [3.8, 4) is 0 Å². The van der Waals surface area contributed by atoms with E-state index in [4.69, 9.17) is 0 Å². The average molecular weight is 218 g/mol. The summed E-state index contributed by atoms with van der Waals surface area (Å²) >= 11 is 3.88. The minimum absolute atomic E-state index is 0.203. The van der Waals surface area contributed by atoms with Gasteiger partial charge in [0.2, 0.25) is 0 Å². The minimum atomic E-state index is -0.203. The Kier molecular flexibility index (Phi) is 4.70. The molecule has 3 heteroatoms. The summed E-state index contributed by atoms with van der Waals surface area (Å²) in [4.78, 5) is 0. The maximum atomic E-state index is 9.92. The van der Waals surface area contributed by atoms with Crippen molar-refractivity contribution in [1.82, 2.24) is 0 Å². The van der Waals surface area contributed by atoms with E-state index in [2.05, 4.69) is 13.5 Å². The van der Waals surface area contributed by atoms with Crippen LogP contribution < -0.4 is 0 Å². The number of thioether (sulfide) groups is 2. The maximum Gasteiger partial charge on any atom is 0.0706 e. The molecule has 1 aliphatic heterocycles. The maximum absolute atomic E-state index is 9.92. The molecule has 1 aliphatic rings. The quantitative estimate of drug-likeness (QED) is 0.735. The van der Waals surface area contributed by atoms with Crippen LogP contribution in [0.1, 0.15) is 20.3 Å². The molecule has 0 bridgehead atoms. The lowest BCUT2D eigenvalue weighted by atomic mass is 10.1. The van der Waals surface area contributed by atoms with Crippen molar-refractivity contribution in [2.75, 3.05) is 11.5 Å². The summed E-state index contributed by atoms with van der Waals surface area (Å²) in [6.45, 7) is 8.03. The van der Waals surface area contributed by atoms with Gasteiger partial charge in [-0.25, -0.2) is 0 Å². The highest BCUT2D eigenvalue weighted by Crippen LogP contribution is 2.34. The standard InChI is InChI=1S/C10H18OS2/c1-7(2)6-9(11)10-8(3)12-4-5-13-10/h8-11H,1,4-6H2,2-3H3. The zero-order chi connectivity index (χ0) is 9.84. The Labute approximate surface area is 89.4 Å². The predicted octanol–water partition coefficient (Wildman–Crippen LogP) is 2.55. The number of hydrogen-bond acceptors (Lipinski definition) is 3. The third-order valence-corrected chi connectivity index (χ3v) is 5.41. The second-order valence-corrected chi connectivity index (χ2v) is 6.41. The van der Waals surface area contributed by atoms with Crippen LogP contribution in [0.5, 0.6) is 0 Å². The van der Waals surface area contributed by atoms with Gasteiger partial charge in [-0.2, -0.15) is 23.5 Å². The summed E-state index contributed by atoms with van der Waals surface area (Å²) in [5.74, 6) is 2.40. The molecule has 0 radical (unpaired) electrons. The van der Waals surface area contributed by atoms with Gasteiger partial charge in [-0.1, -0.05) is 12.5 Å². The molecule has 1 heterocycles. The van der Waals surface area contributed by atoms with Gasteiger partial charge in [-0.05, 0) is 13.3 Å². The number of aliphatic hydroxyl groups excluding tert-OH is 1. The highest BCUT2D eigenvalue weighted by molar-refractivity contribution is 8.07. The van der Waals surface area contributed by atoms with Crippen LogP contribution in [0.25, 0.3) is 0 Å². The molecule has 13 heavy (non-hydrogen) atoms. The van der Waals surface area contributed by atoms with Crippen molar-refractivity contribution < 1.29 is 5.11 Å². The molecule has 0 aromatic rings. The van der Waals surface area contributed by atoms with Crippen molar-refractivity contribution in [3.05, 3.63) is 12.2 Å². The molecule has 1 rings (SSSR count). The normalized spacial score (nSPS) is 31.3. The van der Waals surface area contributed by atoms with E-state index in [9.17, 15) is 5.11 Å². The SMILES string of the molecule is C=C(C)CC(O)C1SCCSC1C. The third-order valence-electron chi connectivity index (χ3n) is 2.17. The van der Waals surface area contributed by atoms with Crippen LogP contribution in [-0.4, -0.2) is 33.2 Å². The van der Waals surface area contributed by atoms with E-state index in [1.165, 1.54) is 11.5 Å². The summed E-state index contributed by atoms with van der Waals surface area (Å²) in [7, 11) is 0. The number of aliphatic hydroxyl groups is 1. The average Bonchev–Trinajstić information content (AvgIpc) is 2.03. The lowest BCUT2D eigenvalue weighted by molar-refractivity contribution is 0.171. The topological polar surface area (TPSA) is 20.2 Å². The number of rotatable bonds is 3. The van der Waals surface area contributed by atoms with Gasteiger partial charge in [0.05, 0.1) is 6.10 Å². The molecule has 3 unspecified atom stereocenters. The Morgan fingerprint density at radius 1 is 1.54 bits per heavy atom. The lowest BCUT2D eigenvalue weighted by Gasteiger charge is -2.31. The van der Waals surface area contributed by atoms with E-state index < -0.39 is 0 Å². The smallest absolute Gasteiger partial charge is 0.0706 e. The van der Waals surface area contributed by atoms with Crippen LogP contribution in [0.15, 0.2) is 12.2 Å². The van der Waals surface area contributed by atoms with E-state index >= 15 is 0 Å². The monoisotopic (exact) mass is 218 g/mol. The van der Waals surface area contributed by atoms with E-state index in [-0.39, 0.29) is 6.10 Å². The van der Waals surface area contributed by atoms with E-state index in [0.29, 0.717) is 10.5 Å². The highest BCUT2D eigenvalue weighted by Gasteiger charge is 2.28. The molecule has 0 saturated carbocycles. The molecule has 0 aromatic carbocycles. The van der Waals surface area contributed by atoms with Gasteiger partial charge in [0.1, 0.15) is 0 Å². The Balaban J connectivity index is 2.43. The molecular formula is C10H18OS2. The predicted molar refractivity (Wildman–Crippen MR) is 63.6 cm³/mol. The first-order chi connectivity index (χ1) is 6.11. The summed E-state index contributed by atoms with van der Waals surface area (Å²) in [6.07, 6.45) is 0.549. The molecule has 0 amide bonds. The molecule has 0 aromatic heterocycles. The fraction of sp³-hybridized carbons (Fsp3) is 0.800. The van der Waals surface area contributed by atoms with Crippen molar-refractivity contribution in [1.29, 1.82) is 0 Å². The van der Waals surface area contributed by atoms with Crippen LogP contribution in [0.4, 0.5) is 0 Å². The van der Waals surface area contributed by atoms with E-state index in [1.807, 2.05) is 30.4 Å². The van der Waals surface area contributed by atoms with Gasteiger partial charge in [-0.15, -0.1) is 6.58 Å². The Morgan fingerprint density at radius 2 is 2.15 bits per heavy atom. The van der Waals surface area contributed by atoms with Gasteiger partial charge in [0.25, 0.3) is 0 Å². The molecule has 1 N–H and O–H groups in total. The molecule has 1 fully saturated rings. The first-order valence-electron chi connectivity index (χ1n) is 4.67. The molecular weight excluding hydrogens is 200 g/mol. The van der Waals surface area contributed by atoms with Crippen molar-refractivity contribution in [2.24, 2.45) is 0 Å². The zero-order valence-corrected chi connectivity index (χ0v) is 9.96. The van der Waals surface area contributed by atoms with Gasteiger partial charge in [0.15, 0.2) is 0 Å². The molecule has 0 spiro atoms.